The average Bonchev–Trinajstić information content (AvgIpc) is 2.42. The Labute approximate surface area is 109 Å². The summed E-state index contributed by atoms with van der Waals surface area (Å²) in [5.41, 5.74) is 3.50. The van der Waals surface area contributed by atoms with Crippen molar-refractivity contribution in [3.05, 3.63) is 65.2 Å². The summed E-state index contributed by atoms with van der Waals surface area (Å²) in [7, 11) is 1.86. The molecular formula is C15H15O2P. The van der Waals surface area contributed by atoms with Crippen LogP contribution in [-0.4, -0.2) is 7.11 Å². The number of para-hydroxylation sites is 1. The van der Waals surface area contributed by atoms with E-state index >= 15 is 0 Å². The van der Waals surface area contributed by atoms with E-state index in [1.165, 1.54) is 11.1 Å². The first-order valence-corrected chi connectivity index (χ1v) is 6.82. The highest BCUT2D eigenvalue weighted by Crippen LogP contribution is 2.21. The van der Waals surface area contributed by atoms with Crippen molar-refractivity contribution in [3.63, 3.8) is 0 Å². The number of hydrogen-bond donors (Lipinski definition) is 0. The van der Waals surface area contributed by atoms with Crippen LogP contribution in [0.25, 0.3) is 0 Å². The fraction of sp³-hybridized carbons (Fsp3) is 0.200. The molecule has 2 rings (SSSR count). The van der Waals surface area contributed by atoms with E-state index < -0.39 is 0 Å². The summed E-state index contributed by atoms with van der Waals surface area (Å²) in [6.45, 7) is 0. The smallest absolute Gasteiger partial charge is 0.160 e. The zero-order valence-corrected chi connectivity index (χ0v) is 11.2. The molecule has 18 heavy (non-hydrogen) atoms. The van der Waals surface area contributed by atoms with Crippen LogP contribution in [0, 0.1) is 0 Å². The van der Waals surface area contributed by atoms with Gasteiger partial charge in [0.25, 0.3) is 0 Å². The minimum absolute atomic E-state index is 0.167. The lowest BCUT2D eigenvalue weighted by Gasteiger charge is -2.08. The van der Waals surface area contributed by atoms with Gasteiger partial charge in [0.2, 0.25) is 0 Å². The Kier molecular flexibility index (Phi) is 4.49. The highest BCUT2D eigenvalue weighted by molar-refractivity contribution is 7.22. The Hall–Kier alpha value is -1.66. The fourth-order valence-corrected chi connectivity index (χ4v) is 2.27. The van der Waals surface area contributed by atoms with Crippen LogP contribution in [-0.2, 0) is 17.1 Å². The predicted octanol–water partition coefficient (Wildman–Crippen LogP) is 4.08. The molecule has 0 saturated heterocycles. The third-order valence-corrected chi connectivity index (χ3v) is 3.35. The Morgan fingerprint density at radius 2 is 1.67 bits per heavy atom. The van der Waals surface area contributed by atoms with E-state index in [1.807, 2.05) is 30.3 Å². The molecule has 3 heteroatoms. The molecule has 0 unspecified atom stereocenters. The molecule has 0 amide bonds. The van der Waals surface area contributed by atoms with Crippen molar-refractivity contribution in [2.45, 2.75) is 12.6 Å². The maximum absolute atomic E-state index is 10.5. The first-order valence-electron chi connectivity index (χ1n) is 5.82. The molecule has 0 saturated carbocycles. The molecule has 0 aromatic heterocycles. The molecule has 0 aliphatic carbocycles. The number of rotatable bonds is 5. The van der Waals surface area contributed by atoms with Gasteiger partial charge in [0.1, 0.15) is 5.75 Å². The standard InChI is InChI=1S/C15H15O2P/c1-17-15-5-3-2-4-14(15)10-12-6-8-13(9-7-12)11-18-16/h2-9H,10-11H2,1H3. The van der Waals surface area contributed by atoms with Gasteiger partial charge in [0, 0.05) is 6.42 Å². The molecule has 0 fully saturated rings. The first-order chi connectivity index (χ1) is 8.83. The van der Waals surface area contributed by atoms with Crippen LogP contribution in [0.1, 0.15) is 16.7 Å². The second kappa shape index (κ2) is 6.32. The minimum Gasteiger partial charge on any atom is -0.496 e. The van der Waals surface area contributed by atoms with Crippen molar-refractivity contribution < 1.29 is 9.30 Å². The molecule has 2 nitrogen and oxygen atoms in total. The van der Waals surface area contributed by atoms with Crippen molar-refractivity contribution in [2.75, 3.05) is 7.11 Å². The summed E-state index contributed by atoms with van der Waals surface area (Å²) in [4.78, 5) is 0. The topological polar surface area (TPSA) is 26.3 Å². The highest BCUT2D eigenvalue weighted by atomic mass is 31.1. The maximum atomic E-state index is 10.5. The first kappa shape index (κ1) is 12.8. The van der Waals surface area contributed by atoms with Crippen molar-refractivity contribution >= 4 is 8.46 Å². The van der Waals surface area contributed by atoms with E-state index in [2.05, 4.69) is 18.2 Å². The molecule has 0 atom stereocenters. The summed E-state index contributed by atoms with van der Waals surface area (Å²) in [6, 6.07) is 16.2. The monoisotopic (exact) mass is 258 g/mol. The van der Waals surface area contributed by atoms with Crippen LogP contribution < -0.4 is 4.74 Å². The Balaban J connectivity index is 2.15. The van der Waals surface area contributed by atoms with Crippen LogP contribution in [0.3, 0.4) is 0 Å². The second-order valence-electron chi connectivity index (χ2n) is 4.09. The van der Waals surface area contributed by atoms with E-state index in [0.29, 0.717) is 6.16 Å². The minimum atomic E-state index is 0.167. The van der Waals surface area contributed by atoms with Gasteiger partial charge in [0.05, 0.1) is 13.3 Å². The van der Waals surface area contributed by atoms with Crippen molar-refractivity contribution in [2.24, 2.45) is 0 Å². The molecule has 0 bridgehead atoms. The van der Waals surface area contributed by atoms with Gasteiger partial charge < -0.3 is 4.74 Å². The largest absolute Gasteiger partial charge is 0.496 e. The number of ether oxygens (including phenoxy) is 1. The molecule has 92 valence electrons. The fourth-order valence-electron chi connectivity index (χ4n) is 1.91. The molecule has 0 aliphatic rings. The van der Waals surface area contributed by atoms with E-state index in [1.54, 1.807) is 7.11 Å². The van der Waals surface area contributed by atoms with Gasteiger partial charge in [-0.25, -0.2) is 0 Å². The lowest BCUT2D eigenvalue weighted by molar-refractivity contribution is 0.410. The molecule has 0 heterocycles. The summed E-state index contributed by atoms with van der Waals surface area (Å²) in [6.07, 6.45) is 1.42. The quantitative estimate of drug-likeness (QED) is 0.755. The van der Waals surface area contributed by atoms with Gasteiger partial charge in [0.15, 0.2) is 8.46 Å². The molecule has 0 N–H and O–H groups in total. The van der Waals surface area contributed by atoms with Gasteiger partial charge in [-0.3, -0.25) is 4.57 Å². The zero-order valence-electron chi connectivity index (χ0n) is 10.3. The number of methoxy groups -OCH3 is 1. The average molecular weight is 258 g/mol. The van der Waals surface area contributed by atoms with Crippen LogP contribution in [0.2, 0.25) is 0 Å². The molecule has 0 radical (unpaired) electrons. The number of benzene rings is 2. The van der Waals surface area contributed by atoms with E-state index in [-0.39, 0.29) is 8.46 Å². The van der Waals surface area contributed by atoms with E-state index in [4.69, 9.17) is 4.74 Å². The Bertz CT molecular complexity index is 520. The summed E-state index contributed by atoms with van der Waals surface area (Å²) < 4.78 is 15.9. The normalized spacial score (nSPS) is 10.5. The Morgan fingerprint density at radius 3 is 2.33 bits per heavy atom. The van der Waals surface area contributed by atoms with Gasteiger partial charge >= 0.3 is 0 Å². The van der Waals surface area contributed by atoms with Gasteiger partial charge in [-0.1, -0.05) is 42.5 Å². The SMILES string of the molecule is COc1ccccc1Cc1ccc(CP=O)cc1. The number of hydrogen-bond acceptors (Lipinski definition) is 2. The molecule has 2 aromatic rings. The summed E-state index contributed by atoms with van der Waals surface area (Å²) in [5, 5.41) is 0. The molecular weight excluding hydrogens is 243 g/mol. The third kappa shape index (κ3) is 3.18. The van der Waals surface area contributed by atoms with Gasteiger partial charge in [-0.05, 0) is 22.8 Å². The molecule has 0 spiro atoms. The predicted molar refractivity (Wildman–Crippen MR) is 73.6 cm³/mol. The van der Waals surface area contributed by atoms with E-state index in [0.717, 1.165) is 17.7 Å². The van der Waals surface area contributed by atoms with Gasteiger partial charge in [-0.2, -0.15) is 0 Å². The maximum Gasteiger partial charge on any atom is 0.160 e. The molecule has 2 aromatic carbocycles. The van der Waals surface area contributed by atoms with E-state index in [9.17, 15) is 4.57 Å². The van der Waals surface area contributed by atoms with Crippen molar-refractivity contribution in [3.8, 4) is 5.75 Å². The van der Waals surface area contributed by atoms with Crippen LogP contribution in [0.4, 0.5) is 0 Å². The van der Waals surface area contributed by atoms with Crippen molar-refractivity contribution in [1.82, 2.24) is 0 Å². The Morgan fingerprint density at radius 1 is 1.00 bits per heavy atom. The van der Waals surface area contributed by atoms with Gasteiger partial charge in [-0.15, -0.1) is 0 Å². The zero-order chi connectivity index (χ0) is 12.8. The summed E-state index contributed by atoms with van der Waals surface area (Å²) in [5.74, 6) is 0.916. The lowest BCUT2D eigenvalue weighted by atomic mass is 10.0. The summed E-state index contributed by atoms with van der Waals surface area (Å²) >= 11 is 0. The second-order valence-corrected chi connectivity index (χ2v) is 4.67. The third-order valence-electron chi connectivity index (χ3n) is 2.86. The highest BCUT2D eigenvalue weighted by Gasteiger charge is 2.03. The lowest BCUT2D eigenvalue weighted by Crippen LogP contribution is -1.93. The van der Waals surface area contributed by atoms with Crippen LogP contribution in [0.5, 0.6) is 5.75 Å². The van der Waals surface area contributed by atoms with Crippen LogP contribution in [0.15, 0.2) is 48.5 Å². The van der Waals surface area contributed by atoms with Crippen LogP contribution >= 0.6 is 8.46 Å². The van der Waals surface area contributed by atoms with Crippen molar-refractivity contribution in [1.29, 1.82) is 0 Å². The molecule has 0 aliphatic heterocycles.